The summed E-state index contributed by atoms with van der Waals surface area (Å²) in [5.41, 5.74) is 4.91. The number of anilines is 3. The molecule has 0 amide bonds. The maximum absolute atomic E-state index is 13.6. The van der Waals surface area contributed by atoms with Crippen LogP contribution in [0.4, 0.5) is 30.4 Å². The van der Waals surface area contributed by atoms with E-state index in [0.717, 1.165) is 7.11 Å². The lowest BCUT2D eigenvalue weighted by molar-refractivity contribution is 0.0601. The zero-order valence-corrected chi connectivity index (χ0v) is 10.8. The maximum Gasteiger partial charge on any atom is 0.341 e. The predicted octanol–water partition coefficient (Wildman–Crippen LogP) is 2.61. The van der Waals surface area contributed by atoms with E-state index < -0.39 is 29.1 Å². The van der Waals surface area contributed by atoms with Gasteiger partial charge in [-0.15, -0.1) is 0 Å². The Balaban J connectivity index is 2.47. The molecule has 2 rings (SSSR count). The number of ether oxygens (including phenoxy) is 1. The zero-order valence-electron chi connectivity index (χ0n) is 10.8. The minimum absolute atomic E-state index is 0.111. The third-order valence-corrected chi connectivity index (χ3v) is 2.56. The average molecular weight is 297 g/mol. The van der Waals surface area contributed by atoms with Crippen LogP contribution in [0.1, 0.15) is 10.4 Å². The number of nitrogens with two attached hydrogens (primary N) is 1. The molecule has 0 aliphatic heterocycles. The number of rotatable bonds is 3. The summed E-state index contributed by atoms with van der Waals surface area (Å²) in [6, 6.07) is 2.24. The lowest BCUT2D eigenvalue weighted by Gasteiger charge is -2.11. The predicted molar refractivity (Wildman–Crippen MR) is 69.6 cm³/mol. The molecule has 110 valence electrons. The molecule has 0 atom stereocenters. The van der Waals surface area contributed by atoms with Gasteiger partial charge < -0.3 is 15.8 Å². The third kappa shape index (κ3) is 3.04. The van der Waals surface area contributed by atoms with Gasteiger partial charge in [0.25, 0.3) is 0 Å². The van der Waals surface area contributed by atoms with Gasteiger partial charge in [0, 0.05) is 12.1 Å². The van der Waals surface area contributed by atoms with E-state index >= 15 is 0 Å². The lowest BCUT2D eigenvalue weighted by Crippen LogP contribution is -2.10. The molecule has 21 heavy (non-hydrogen) atoms. The summed E-state index contributed by atoms with van der Waals surface area (Å²) < 4.78 is 44.5. The number of methoxy groups -OCH3 is 1. The number of pyridine rings is 1. The highest BCUT2D eigenvalue weighted by Gasteiger charge is 2.18. The monoisotopic (exact) mass is 297 g/mol. The first-order chi connectivity index (χ1) is 9.92. The van der Waals surface area contributed by atoms with Crippen molar-refractivity contribution < 1.29 is 22.7 Å². The molecule has 1 heterocycles. The van der Waals surface area contributed by atoms with Crippen LogP contribution in [-0.4, -0.2) is 18.1 Å². The van der Waals surface area contributed by atoms with Crippen LogP contribution in [0.2, 0.25) is 0 Å². The normalized spacial score (nSPS) is 10.3. The van der Waals surface area contributed by atoms with E-state index in [9.17, 15) is 18.0 Å². The van der Waals surface area contributed by atoms with Crippen LogP contribution in [0.15, 0.2) is 24.4 Å². The van der Waals surface area contributed by atoms with Crippen molar-refractivity contribution in [2.75, 3.05) is 18.2 Å². The molecule has 8 heteroatoms. The molecule has 1 aromatic carbocycles. The Morgan fingerprint density at radius 3 is 2.43 bits per heavy atom. The molecule has 0 saturated heterocycles. The van der Waals surface area contributed by atoms with E-state index in [4.69, 9.17) is 5.73 Å². The summed E-state index contributed by atoms with van der Waals surface area (Å²) in [6.07, 6.45) is 1.19. The average Bonchev–Trinajstić information content (AvgIpc) is 2.43. The first-order valence-electron chi connectivity index (χ1n) is 5.67. The van der Waals surface area contributed by atoms with E-state index in [1.807, 2.05) is 0 Å². The molecule has 0 radical (unpaired) electrons. The fourth-order valence-corrected chi connectivity index (χ4v) is 1.63. The Morgan fingerprint density at radius 2 is 1.86 bits per heavy atom. The Labute approximate surface area is 117 Å². The highest BCUT2D eigenvalue weighted by atomic mass is 19.1. The van der Waals surface area contributed by atoms with E-state index in [1.54, 1.807) is 0 Å². The molecule has 0 saturated carbocycles. The van der Waals surface area contributed by atoms with Crippen molar-refractivity contribution >= 4 is 23.2 Å². The fraction of sp³-hybridized carbons (Fsp3) is 0.0769. The second-order valence-corrected chi connectivity index (χ2v) is 4.03. The molecule has 0 unspecified atom stereocenters. The van der Waals surface area contributed by atoms with Crippen molar-refractivity contribution in [2.24, 2.45) is 0 Å². The van der Waals surface area contributed by atoms with Crippen LogP contribution in [-0.2, 0) is 4.74 Å². The number of aromatic nitrogens is 1. The Morgan fingerprint density at radius 1 is 1.24 bits per heavy atom. The number of nitrogens with one attached hydrogen (secondary N) is 1. The fourth-order valence-electron chi connectivity index (χ4n) is 1.63. The third-order valence-electron chi connectivity index (χ3n) is 2.56. The number of nitrogens with zero attached hydrogens (tertiary/aromatic N) is 1. The number of hydrogen-bond donors (Lipinski definition) is 2. The summed E-state index contributed by atoms with van der Waals surface area (Å²) in [7, 11) is 1.13. The van der Waals surface area contributed by atoms with Crippen LogP contribution in [0, 0.1) is 17.5 Å². The van der Waals surface area contributed by atoms with Crippen molar-refractivity contribution in [2.45, 2.75) is 0 Å². The van der Waals surface area contributed by atoms with Crippen molar-refractivity contribution in [3.63, 3.8) is 0 Å². The minimum Gasteiger partial charge on any atom is -0.465 e. The topological polar surface area (TPSA) is 77.2 Å². The van der Waals surface area contributed by atoms with Crippen LogP contribution < -0.4 is 11.1 Å². The molecule has 3 N–H and O–H groups in total. The highest BCUT2D eigenvalue weighted by molar-refractivity contribution is 5.96. The van der Waals surface area contributed by atoms with Gasteiger partial charge in [-0.3, -0.25) is 0 Å². The summed E-state index contributed by atoms with van der Waals surface area (Å²) in [6.45, 7) is 0. The van der Waals surface area contributed by atoms with Crippen LogP contribution in [0.3, 0.4) is 0 Å². The zero-order chi connectivity index (χ0) is 15.6. The second-order valence-electron chi connectivity index (χ2n) is 4.03. The number of nitrogen functional groups attached to an aromatic ring is 1. The number of hydrogen-bond acceptors (Lipinski definition) is 5. The van der Waals surface area contributed by atoms with Gasteiger partial charge in [0.15, 0.2) is 11.6 Å². The molecule has 0 aliphatic carbocycles. The van der Waals surface area contributed by atoms with Gasteiger partial charge in [-0.1, -0.05) is 0 Å². The van der Waals surface area contributed by atoms with Crippen LogP contribution in [0.5, 0.6) is 0 Å². The van der Waals surface area contributed by atoms with Gasteiger partial charge >= 0.3 is 5.97 Å². The van der Waals surface area contributed by atoms with Crippen molar-refractivity contribution in [1.29, 1.82) is 0 Å². The lowest BCUT2D eigenvalue weighted by atomic mass is 10.2. The van der Waals surface area contributed by atoms with E-state index in [-0.39, 0.29) is 17.1 Å². The number of esters is 1. The number of carbonyl (C=O) groups is 1. The quantitative estimate of drug-likeness (QED) is 0.852. The van der Waals surface area contributed by atoms with Gasteiger partial charge in [0.2, 0.25) is 0 Å². The van der Waals surface area contributed by atoms with Crippen molar-refractivity contribution in [1.82, 2.24) is 4.98 Å². The highest BCUT2D eigenvalue weighted by Crippen LogP contribution is 2.26. The maximum atomic E-state index is 13.6. The number of carbonyl (C=O) groups excluding carboxylic acids is 1. The Bertz CT molecular complexity index is 684. The molecule has 0 spiro atoms. The van der Waals surface area contributed by atoms with E-state index in [0.29, 0.717) is 12.1 Å². The smallest absolute Gasteiger partial charge is 0.341 e. The molecule has 0 bridgehead atoms. The molecule has 1 aromatic heterocycles. The van der Waals surface area contributed by atoms with E-state index in [2.05, 4.69) is 15.0 Å². The Kier molecular flexibility index (Phi) is 3.97. The minimum atomic E-state index is -1.16. The molecule has 0 fully saturated rings. The van der Waals surface area contributed by atoms with Crippen molar-refractivity contribution in [3.05, 3.63) is 47.4 Å². The first kappa shape index (κ1) is 14.6. The standard InChI is InChI=1S/C13H10F3N3O2/c1-21-13(20)8-4-7(17)5-18-12(8)19-11-9(15)2-6(14)3-10(11)16/h2-5H,17H2,1H3,(H,18,19). The SMILES string of the molecule is COC(=O)c1cc(N)cnc1Nc1c(F)cc(F)cc1F. The van der Waals surface area contributed by atoms with Gasteiger partial charge in [0.05, 0.1) is 19.0 Å². The summed E-state index contributed by atoms with van der Waals surface area (Å²) in [5.74, 6) is -4.35. The summed E-state index contributed by atoms with van der Waals surface area (Å²) >= 11 is 0. The number of benzene rings is 1. The molecule has 2 aromatic rings. The van der Waals surface area contributed by atoms with Crippen molar-refractivity contribution in [3.8, 4) is 0 Å². The van der Waals surface area contributed by atoms with Gasteiger partial charge in [-0.2, -0.15) is 0 Å². The Hall–Kier alpha value is -2.77. The molecular formula is C13H10F3N3O2. The molecule has 5 nitrogen and oxygen atoms in total. The molecular weight excluding hydrogens is 287 g/mol. The largest absolute Gasteiger partial charge is 0.465 e. The van der Waals surface area contributed by atoms with Gasteiger partial charge in [0.1, 0.15) is 22.9 Å². The van der Waals surface area contributed by atoms with E-state index in [1.165, 1.54) is 12.3 Å². The van der Waals surface area contributed by atoms with Gasteiger partial charge in [-0.25, -0.2) is 22.9 Å². The summed E-state index contributed by atoms with van der Waals surface area (Å²) in [5, 5.41) is 2.29. The van der Waals surface area contributed by atoms with Gasteiger partial charge in [-0.05, 0) is 6.07 Å². The van der Waals surface area contributed by atoms with Crippen LogP contribution >= 0.6 is 0 Å². The molecule has 0 aliphatic rings. The number of halogens is 3. The summed E-state index contributed by atoms with van der Waals surface area (Å²) in [4.78, 5) is 15.4. The van der Waals surface area contributed by atoms with Crippen LogP contribution in [0.25, 0.3) is 0 Å². The first-order valence-corrected chi connectivity index (χ1v) is 5.67. The second kappa shape index (κ2) is 5.70.